The molecule has 1 fully saturated rings. The van der Waals surface area contributed by atoms with Gasteiger partial charge in [-0.2, -0.15) is 5.01 Å². The van der Waals surface area contributed by atoms with E-state index in [1.807, 2.05) is 60.7 Å². The van der Waals surface area contributed by atoms with Crippen molar-refractivity contribution in [1.82, 2.24) is 15.8 Å². The zero-order valence-electron chi connectivity index (χ0n) is 17.0. The number of carbonyl (C=O) groups excluding carboxylic acids is 4. The van der Waals surface area contributed by atoms with Gasteiger partial charge in [0.2, 0.25) is 0 Å². The molecule has 8 heteroatoms. The zero-order valence-corrected chi connectivity index (χ0v) is 17.0. The summed E-state index contributed by atoms with van der Waals surface area (Å²) in [7, 11) is 0. The van der Waals surface area contributed by atoms with Crippen LogP contribution in [0.15, 0.2) is 66.7 Å². The first kappa shape index (κ1) is 21.8. The van der Waals surface area contributed by atoms with Gasteiger partial charge in [-0.15, -0.1) is 0 Å². The summed E-state index contributed by atoms with van der Waals surface area (Å²) in [5.74, 6) is -2.08. The minimum absolute atomic E-state index is 0.368. The molecule has 0 unspecified atom stereocenters. The molecular weight excluding hydrogens is 398 g/mol. The van der Waals surface area contributed by atoms with Crippen molar-refractivity contribution in [3.8, 4) is 0 Å². The van der Waals surface area contributed by atoms with Crippen molar-refractivity contribution in [2.24, 2.45) is 0 Å². The highest BCUT2D eigenvalue weighted by molar-refractivity contribution is 6.07. The molecule has 0 saturated carbocycles. The number of rotatable bonds is 8. The molecule has 0 radical (unpaired) electrons. The molecule has 8 nitrogen and oxygen atoms in total. The van der Waals surface area contributed by atoms with Gasteiger partial charge in [0.25, 0.3) is 11.8 Å². The lowest BCUT2D eigenvalue weighted by molar-refractivity contribution is -0.147. The van der Waals surface area contributed by atoms with Gasteiger partial charge in [0, 0.05) is 6.08 Å². The molecule has 1 aliphatic rings. The van der Waals surface area contributed by atoms with E-state index in [9.17, 15) is 19.2 Å². The number of esters is 1. The molecule has 4 amide bonds. The van der Waals surface area contributed by atoms with Crippen LogP contribution in [0, 0.1) is 0 Å². The number of carbonyl (C=O) groups is 4. The fourth-order valence-electron chi connectivity index (χ4n) is 3.06. The third-order valence-electron chi connectivity index (χ3n) is 4.81. The van der Waals surface area contributed by atoms with Gasteiger partial charge < -0.3 is 10.1 Å². The quantitative estimate of drug-likeness (QED) is 0.386. The fraction of sp³-hybridized carbons (Fsp3) is 0.217. The van der Waals surface area contributed by atoms with Crippen LogP contribution in [0.25, 0.3) is 6.08 Å². The number of aryl methyl sites for hydroxylation is 1. The maximum atomic E-state index is 12.7. The van der Waals surface area contributed by atoms with E-state index in [4.69, 9.17) is 4.74 Å². The summed E-state index contributed by atoms with van der Waals surface area (Å²) in [5.41, 5.74) is 2.88. The molecule has 2 N–H and O–H groups in total. The Bertz CT molecular complexity index is 991. The average Bonchev–Trinajstić information content (AvgIpc) is 2.99. The number of hydrogen-bond acceptors (Lipinski definition) is 5. The predicted molar refractivity (Wildman–Crippen MR) is 113 cm³/mol. The van der Waals surface area contributed by atoms with Gasteiger partial charge in [-0.1, -0.05) is 60.7 Å². The summed E-state index contributed by atoms with van der Waals surface area (Å²) in [6.45, 7) is 0.979. The zero-order chi connectivity index (χ0) is 22.3. The Kier molecular flexibility index (Phi) is 6.81. The van der Waals surface area contributed by atoms with Crippen molar-refractivity contribution in [1.29, 1.82) is 0 Å². The van der Waals surface area contributed by atoms with Gasteiger partial charge in [0.05, 0.1) is 0 Å². The molecule has 1 aliphatic heterocycles. The van der Waals surface area contributed by atoms with Crippen LogP contribution in [-0.4, -0.2) is 41.0 Å². The van der Waals surface area contributed by atoms with Crippen molar-refractivity contribution in [3.63, 3.8) is 0 Å². The van der Waals surface area contributed by atoms with Crippen LogP contribution in [0.4, 0.5) is 4.79 Å². The second-order valence-electron chi connectivity index (χ2n) is 7.28. The molecule has 1 heterocycles. The van der Waals surface area contributed by atoms with Crippen LogP contribution >= 0.6 is 0 Å². The summed E-state index contributed by atoms with van der Waals surface area (Å²) in [6, 6.07) is 17.9. The van der Waals surface area contributed by atoms with Crippen LogP contribution in [0.2, 0.25) is 0 Å². The molecule has 0 bridgehead atoms. The van der Waals surface area contributed by atoms with Gasteiger partial charge in [-0.25, -0.2) is 9.59 Å². The Labute approximate surface area is 179 Å². The fourth-order valence-corrected chi connectivity index (χ4v) is 3.06. The van der Waals surface area contributed by atoms with E-state index in [-0.39, 0.29) is 0 Å². The average molecular weight is 421 g/mol. The number of nitrogens with one attached hydrogen (secondary N) is 2. The van der Waals surface area contributed by atoms with Crippen molar-refractivity contribution in [2.75, 3.05) is 6.61 Å². The lowest BCUT2D eigenvalue weighted by Gasteiger charge is -2.21. The minimum Gasteiger partial charge on any atom is -0.452 e. The SMILES string of the molecule is C[C@@]1(CCc2ccccc2)NC(=O)N(NC(=O)COC(=O)/C=C/c2ccccc2)C1=O. The monoisotopic (exact) mass is 421 g/mol. The lowest BCUT2D eigenvalue weighted by atomic mass is 9.93. The highest BCUT2D eigenvalue weighted by Gasteiger charge is 2.48. The summed E-state index contributed by atoms with van der Waals surface area (Å²) >= 11 is 0. The van der Waals surface area contributed by atoms with E-state index in [1.54, 1.807) is 13.0 Å². The lowest BCUT2D eigenvalue weighted by Crippen LogP contribution is -2.49. The molecule has 1 atom stereocenters. The Hall–Kier alpha value is -3.94. The molecule has 31 heavy (non-hydrogen) atoms. The number of hydrogen-bond donors (Lipinski definition) is 2. The molecule has 0 spiro atoms. The van der Waals surface area contributed by atoms with E-state index < -0.39 is 36.0 Å². The van der Waals surface area contributed by atoms with Crippen LogP contribution in [0.1, 0.15) is 24.5 Å². The predicted octanol–water partition coefficient (Wildman–Crippen LogP) is 2.22. The van der Waals surface area contributed by atoms with Gasteiger partial charge in [-0.3, -0.25) is 15.0 Å². The van der Waals surface area contributed by atoms with Crippen molar-refractivity contribution in [3.05, 3.63) is 77.9 Å². The van der Waals surface area contributed by atoms with Gasteiger partial charge in [0.1, 0.15) is 5.54 Å². The highest BCUT2D eigenvalue weighted by Crippen LogP contribution is 2.22. The molecule has 0 aromatic heterocycles. The normalized spacial score (nSPS) is 18.2. The number of urea groups is 1. The second-order valence-corrected chi connectivity index (χ2v) is 7.28. The third kappa shape index (κ3) is 5.79. The largest absolute Gasteiger partial charge is 0.452 e. The number of nitrogens with zero attached hydrogens (tertiary/aromatic N) is 1. The molecule has 1 saturated heterocycles. The summed E-state index contributed by atoms with van der Waals surface area (Å²) in [5, 5.41) is 3.24. The van der Waals surface area contributed by atoms with E-state index in [0.29, 0.717) is 17.9 Å². The van der Waals surface area contributed by atoms with Gasteiger partial charge in [-0.05, 0) is 37.0 Å². The van der Waals surface area contributed by atoms with Crippen molar-refractivity contribution >= 4 is 29.9 Å². The minimum atomic E-state index is -1.14. The smallest absolute Gasteiger partial charge is 0.344 e. The van der Waals surface area contributed by atoms with E-state index in [0.717, 1.165) is 11.1 Å². The first-order chi connectivity index (χ1) is 14.9. The molecule has 2 aromatic rings. The molecule has 0 aliphatic carbocycles. The Morgan fingerprint density at radius 3 is 2.39 bits per heavy atom. The Balaban J connectivity index is 1.49. The molecule has 2 aromatic carbocycles. The van der Waals surface area contributed by atoms with Crippen molar-refractivity contribution < 1.29 is 23.9 Å². The van der Waals surface area contributed by atoms with Crippen molar-refractivity contribution in [2.45, 2.75) is 25.3 Å². The first-order valence-corrected chi connectivity index (χ1v) is 9.77. The number of benzene rings is 2. The number of imide groups is 1. The van der Waals surface area contributed by atoms with E-state index in [1.165, 1.54) is 6.08 Å². The molecule has 160 valence electrons. The van der Waals surface area contributed by atoms with E-state index in [2.05, 4.69) is 10.7 Å². The molecular formula is C23H23N3O5. The van der Waals surface area contributed by atoms with E-state index >= 15 is 0 Å². The Morgan fingerprint density at radius 1 is 1.06 bits per heavy atom. The summed E-state index contributed by atoms with van der Waals surface area (Å²) < 4.78 is 4.86. The summed E-state index contributed by atoms with van der Waals surface area (Å²) in [4.78, 5) is 48.7. The maximum absolute atomic E-state index is 12.7. The maximum Gasteiger partial charge on any atom is 0.344 e. The summed E-state index contributed by atoms with van der Waals surface area (Å²) in [6.07, 6.45) is 3.69. The number of ether oxygens (including phenoxy) is 1. The van der Waals surface area contributed by atoms with Crippen LogP contribution in [0.5, 0.6) is 0 Å². The third-order valence-corrected chi connectivity index (χ3v) is 4.81. The number of hydrazine groups is 1. The van der Waals surface area contributed by atoms with Crippen LogP contribution < -0.4 is 10.7 Å². The van der Waals surface area contributed by atoms with Crippen LogP contribution in [0.3, 0.4) is 0 Å². The number of amides is 4. The van der Waals surface area contributed by atoms with Gasteiger partial charge >= 0.3 is 12.0 Å². The second kappa shape index (κ2) is 9.71. The topological polar surface area (TPSA) is 105 Å². The highest BCUT2D eigenvalue weighted by atomic mass is 16.5. The van der Waals surface area contributed by atoms with Crippen LogP contribution in [-0.2, 0) is 25.5 Å². The standard InChI is InChI=1S/C23H23N3O5/c1-23(15-14-18-10-6-3-7-11-18)21(29)26(22(30)24-23)25-19(27)16-31-20(28)13-12-17-8-4-2-5-9-17/h2-13H,14-16H2,1H3,(H,24,30)(H,25,27)/b13-12+/t23-/m0/s1. The first-order valence-electron chi connectivity index (χ1n) is 9.77. The molecule has 3 rings (SSSR count). The van der Waals surface area contributed by atoms with Gasteiger partial charge in [0.15, 0.2) is 6.61 Å². The Morgan fingerprint density at radius 2 is 1.71 bits per heavy atom.